The van der Waals surface area contributed by atoms with E-state index in [9.17, 15) is 9.59 Å². The van der Waals surface area contributed by atoms with Crippen molar-refractivity contribution in [3.05, 3.63) is 24.3 Å². The number of nitrogens with one attached hydrogen (secondary N) is 2. The maximum Gasteiger partial charge on any atom is 0.224 e. The molecule has 0 aliphatic carbocycles. The van der Waals surface area contributed by atoms with Gasteiger partial charge in [-0.2, -0.15) is 0 Å². The third kappa shape index (κ3) is 7.25. The van der Waals surface area contributed by atoms with Crippen molar-refractivity contribution in [3.8, 4) is 0 Å². The summed E-state index contributed by atoms with van der Waals surface area (Å²) in [5, 5.41) is 5.76. The molecule has 0 spiro atoms. The van der Waals surface area contributed by atoms with E-state index in [2.05, 4.69) is 10.6 Å². The van der Waals surface area contributed by atoms with Crippen LogP contribution in [0, 0.1) is 10.8 Å². The summed E-state index contributed by atoms with van der Waals surface area (Å²) < 4.78 is 0. The predicted octanol–water partition coefficient (Wildman–Crippen LogP) is 4.44. The molecule has 0 fully saturated rings. The number of carbonyl (C=O) groups is 2. The lowest BCUT2D eigenvalue weighted by Crippen LogP contribution is -2.22. The molecule has 1 aromatic carbocycles. The summed E-state index contributed by atoms with van der Waals surface area (Å²) in [6.07, 6.45) is 0.856. The average molecular weight is 304 g/mol. The van der Waals surface area contributed by atoms with Gasteiger partial charge in [-0.1, -0.05) is 53.7 Å². The van der Waals surface area contributed by atoms with Crippen molar-refractivity contribution in [2.45, 2.75) is 54.4 Å². The smallest absolute Gasteiger partial charge is 0.224 e. The van der Waals surface area contributed by atoms with Gasteiger partial charge in [-0.25, -0.2) is 0 Å². The summed E-state index contributed by atoms with van der Waals surface area (Å²) in [7, 11) is 0. The molecule has 2 amide bonds. The topological polar surface area (TPSA) is 58.2 Å². The molecule has 0 unspecified atom stereocenters. The van der Waals surface area contributed by atoms with Crippen LogP contribution in [0.15, 0.2) is 24.3 Å². The van der Waals surface area contributed by atoms with Crippen LogP contribution in [0.4, 0.5) is 11.4 Å². The Labute approximate surface area is 133 Å². The number of hydrogen-bond acceptors (Lipinski definition) is 2. The zero-order valence-electron chi connectivity index (χ0n) is 14.5. The van der Waals surface area contributed by atoms with Crippen LogP contribution in [0.5, 0.6) is 0 Å². The Hall–Kier alpha value is -1.84. The highest BCUT2D eigenvalue weighted by atomic mass is 16.2. The molecular formula is C18H28N2O2. The summed E-state index contributed by atoms with van der Waals surface area (Å²) in [6.45, 7) is 12.1. The molecule has 0 aliphatic heterocycles. The molecule has 4 nitrogen and oxygen atoms in total. The van der Waals surface area contributed by atoms with Crippen LogP contribution in [0.3, 0.4) is 0 Å². The summed E-state index contributed by atoms with van der Waals surface area (Å²) >= 11 is 0. The second-order valence-electron chi connectivity index (χ2n) is 8.12. The summed E-state index contributed by atoms with van der Waals surface area (Å²) in [5.41, 5.74) is 1.13. The van der Waals surface area contributed by atoms with E-state index in [0.29, 0.717) is 24.2 Å². The molecule has 0 saturated heterocycles. The maximum absolute atomic E-state index is 12.1. The molecule has 0 saturated carbocycles. The molecule has 1 rings (SSSR count). The highest BCUT2D eigenvalue weighted by Crippen LogP contribution is 2.25. The fourth-order valence-electron chi connectivity index (χ4n) is 2.05. The van der Waals surface area contributed by atoms with Gasteiger partial charge in [0.25, 0.3) is 0 Å². The molecule has 22 heavy (non-hydrogen) atoms. The number of rotatable bonds is 4. The van der Waals surface area contributed by atoms with E-state index < -0.39 is 0 Å². The first-order chi connectivity index (χ1) is 9.96. The number of anilines is 2. The van der Waals surface area contributed by atoms with Gasteiger partial charge in [-0.3, -0.25) is 9.59 Å². The fraction of sp³-hybridized carbons (Fsp3) is 0.556. The van der Waals surface area contributed by atoms with E-state index in [-0.39, 0.29) is 22.6 Å². The quantitative estimate of drug-likeness (QED) is 0.864. The Kier molecular flexibility index (Phi) is 5.75. The highest BCUT2D eigenvalue weighted by molar-refractivity contribution is 5.99. The normalized spacial score (nSPS) is 11.9. The minimum absolute atomic E-state index is 0.0509. The lowest BCUT2D eigenvalue weighted by molar-refractivity contribution is -0.118. The lowest BCUT2D eigenvalue weighted by Gasteiger charge is -2.20. The lowest BCUT2D eigenvalue weighted by atomic mass is 9.91. The number of benzene rings is 1. The number of hydrogen-bond donors (Lipinski definition) is 2. The molecule has 122 valence electrons. The Morgan fingerprint density at radius 2 is 1.09 bits per heavy atom. The molecule has 0 aliphatic rings. The molecular weight excluding hydrogens is 276 g/mol. The van der Waals surface area contributed by atoms with Gasteiger partial charge in [-0.15, -0.1) is 0 Å². The fourth-order valence-corrected chi connectivity index (χ4v) is 2.05. The van der Waals surface area contributed by atoms with Gasteiger partial charge < -0.3 is 10.6 Å². The van der Waals surface area contributed by atoms with E-state index in [4.69, 9.17) is 0 Å². The van der Waals surface area contributed by atoms with E-state index >= 15 is 0 Å². The minimum atomic E-state index is -0.0749. The summed E-state index contributed by atoms with van der Waals surface area (Å²) in [5.74, 6) is -0.102. The van der Waals surface area contributed by atoms with Crippen LogP contribution in [0.1, 0.15) is 54.4 Å². The zero-order chi connectivity index (χ0) is 17.0. The SMILES string of the molecule is CC(C)(C)CC(=O)Nc1ccccc1NC(=O)CC(C)(C)C. The van der Waals surface area contributed by atoms with Gasteiger partial charge in [0.15, 0.2) is 0 Å². The van der Waals surface area contributed by atoms with Gasteiger partial charge in [-0.05, 0) is 23.0 Å². The van der Waals surface area contributed by atoms with Crippen molar-refractivity contribution < 1.29 is 9.59 Å². The maximum atomic E-state index is 12.1. The van der Waals surface area contributed by atoms with Crippen molar-refractivity contribution in [3.63, 3.8) is 0 Å². The first-order valence-electron chi connectivity index (χ1n) is 7.65. The molecule has 0 heterocycles. The van der Waals surface area contributed by atoms with E-state index in [1.54, 1.807) is 12.1 Å². The van der Waals surface area contributed by atoms with Gasteiger partial charge >= 0.3 is 0 Å². The third-order valence-corrected chi connectivity index (χ3v) is 2.86. The van der Waals surface area contributed by atoms with Crippen LogP contribution in [0.25, 0.3) is 0 Å². The van der Waals surface area contributed by atoms with Gasteiger partial charge in [0.05, 0.1) is 11.4 Å². The van der Waals surface area contributed by atoms with Crippen LogP contribution in [0.2, 0.25) is 0 Å². The van der Waals surface area contributed by atoms with E-state index in [0.717, 1.165) is 0 Å². The Bertz CT molecular complexity index is 488. The van der Waals surface area contributed by atoms with Crippen molar-refractivity contribution in [2.75, 3.05) is 10.6 Å². The number of carbonyl (C=O) groups excluding carboxylic acids is 2. The Morgan fingerprint density at radius 1 is 0.773 bits per heavy atom. The molecule has 0 bridgehead atoms. The minimum Gasteiger partial charge on any atom is -0.324 e. The van der Waals surface area contributed by atoms with Crippen LogP contribution < -0.4 is 10.6 Å². The average Bonchev–Trinajstić information content (AvgIpc) is 2.26. The first-order valence-corrected chi connectivity index (χ1v) is 7.65. The van der Waals surface area contributed by atoms with Gasteiger partial charge in [0.1, 0.15) is 0 Å². The molecule has 0 atom stereocenters. The highest BCUT2D eigenvalue weighted by Gasteiger charge is 2.19. The standard InChI is InChI=1S/C18H28N2O2/c1-17(2,3)11-15(21)19-13-9-7-8-10-14(13)20-16(22)12-18(4,5)6/h7-10H,11-12H2,1-6H3,(H,19,21)(H,20,22). The van der Waals surface area contributed by atoms with Crippen molar-refractivity contribution in [1.82, 2.24) is 0 Å². The van der Waals surface area contributed by atoms with Crippen LogP contribution in [-0.4, -0.2) is 11.8 Å². The van der Waals surface area contributed by atoms with Crippen LogP contribution in [-0.2, 0) is 9.59 Å². The van der Waals surface area contributed by atoms with Crippen molar-refractivity contribution in [2.24, 2.45) is 10.8 Å². The zero-order valence-corrected chi connectivity index (χ0v) is 14.5. The van der Waals surface area contributed by atoms with E-state index in [1.165, 1.54) is 0 Å². The summed E-state index contributed by atoms with van der Waals surface area (Å²) in [4.78, 5) is 24.1. The number of amides is 2. The molecule has 0 aromatic heterocycles. The monoisotopic (exact) mass is 304 g/mol. The summed E-state index contributed by atoms with van der Waals surface area (Å²) in [6, 6.07) is 7.28. The third-order valence-electron chi connectivity index (χ3n) is 2.86. The number of para-hydroxylation sites is 2. The van der Waals surface area contributed by atoms with Crippen LogP contribution >= 0.6 is 0 Å². The molecule has 4 heteroatoms. The van der Waals surface area contributed by atoms with Crippen molar-refractivity contribution >= 4 is 23.2 Å². The van der Waals surface area contributed by atoms with Gasteiger partial charge in [0, 0.05) is 12.8 Å². The Morgan fingerprint density at radius 3 is 1.36 bits per heavy atom. The van der Waals surface area contributed by atoms with Crippen molar-refractivity contribution in [1.29, 1.82) is 0 Å². The Balaban J connectivity index is 2.78. The predicted molar refractivity (Wildman–Crippen MR) is 91.8 cm³/mol. The van der Waals surface area contributed by atoms with E-state index in [1.807, 2.05) is 53.7 Å². The van der Waals surface area contributed by atoms with Gasteiger partial charge in [0.2, 0.25) is 11.8 Å². The largest absolute Gasteiger partial charge is 0.324 e. The second kappa shape index (κ2) is 6.95. The molecule has 2 N–H and O–H groups in total. The first kappa shape index (κ1) is 18.2. The second-order valence-corrected chi connectivity index (χ2v) is 8.12. The molecule has 0 radical (unpaired) electrons. The molecule has 1 aromatic rings.